The fourth-order valence-corrected chi connectivity index (χ4v) is 3.66. The van der Waals surface area contributed by atoms with Crippen LogP contribution in [0.4, 0.5) is 0 Å². The average molecular weight is 266 g/mol. The third kappa shape index (κ3) is 2.69. The van der Waals surface area contributed by atoms with Crippen LogP contribution in [0.3, 0.4) is 0 Å². The van der Waals surface area contributed by atoms with Crippen molar-refractivity contribution < 1.29 is 9.59 Å². The average Bonchev–Trinajstić information content (AvgIpc) is 2.59. The van der Waals surface area contributed by atoms with Crippen LogP contribution in [0.25, 0.3) is 0 Å². The van der Waals surface area contributed by atoms with Crippen LogP contribution < -0.4 is 5.73 Å². The summed E-state index contributed by atoms with van der Waals surface area (Å²) in [6.45, 7) is 4.58. The van der Waals surface area contributed by atoms with Gasteiger partial charge in [0.1, 0.15) is 0 Å². The Hall–Kier alpha value is -0.900. The van der Waals surface area contributed by atoms with Gasteiger partial charge in [-0.2, -0.15) is 0 Å². The Kier molecular flexibility index (Phi) is 4.29. The van der Waals surface area contributed by atoms with Gasteiger partial charge in [-0.05, 0) is 25.2 Å². The Labute approximate surface area is 115 Å². The molecule has 2 N–H and O–H groups in total. The molecule has 1 heterocycles. The first-order chi connectivity index (χ1) is 9.00. The molecule has 1 saturated heterocycles. The topological polar surface area (TPSA) is 63.4 Å². The van der Waals surface area contributed by atoms with Gasteiger partial charge in [0.15, 0.2) is 0 Å². The highest BCUT2D eigenvalue weighted by atomic mass is 16.2. The molecule has 0 radical (unpaired) electrons. The number of nitrogens with zero attached hydrogens (tertiary/aromatic N) is 1. The summed E-state index contributed by atoms with van der Waals surface area (Å²) < 4.78 is 0. The summed E-state index contributed by atoms with van der Waals surface area (Å²) in [6.07, 6.45) is 6.33. The molecule has 4 heteroatoms. The lowest BCUT2D eigenvalue weighted by molar-refractivity contribution is -0.145. The Morgan fingerprint density at radius 1 is 1.21 bits per heavy atom. The van der Waals surface area contributed by atoms with Gasteiger partial charge in [-0.1, -0.05) is 33.1 Å². The van der Waals surface area contributed by atoms with E-state index in [9.17, 15) is 9.59 Å². The van der Waals surface area contributed by atoms with Crippen LogP contribution >= 0.6 is 0 Å². The van der Waals surface area contributed by atoms with Crippen molar-refractivity contribution in [2.45, 2.75) is 64.8 Å². The maximum atomic E-state index is 12.7. The van der Waals surface area contributed by atoms with Crippen LogP contribution in [-0.2, 0) is 9.59 Å². The number of amides is 2. The minimum Gasteiger partial charge on any atom is -0.328 e. The minimum atomic E-state index is -0.375. The molecule has 0 aromatic rings. The molecule has 0 bridgehead atoms. The summed E-state index contributed by atoms with van der Waals surface area (Å²) >= 11 is 0. The first kappa shape index (κ1) is 14.5. The van der Waals surface area contributed by atoms with Crippen LogP contribution in [-0.4, -0.2) is 29.3 Å². The molecule has 1 aliphatic heterocycles. The van der Waals surface area contributed by atoms with Gasteiger partial charge in [0.25, 0.3) is 0 Å². The fraction of sp³-hybridized carbons (Fsp3) is 0.867. The van der Waals surface area contributed by atoms with Crippen LogP contribution in [0, 0.1) is 11.3 Å². The number of carbonyl (C=O) groups is 2. The van der Waals surface area contributed by atoms with Crippen molar-refractivity contribution in [3.8, 4) is 0 Å². The largest absolute Gasteiger partial charge is 0.328 e. The zero-order chi connectivity index (χ0) is 14.0. The summed E-state index contributed by atoms with van der Waals surface area (Å²) in [6, 6.07) is -0.110. The zero-order valence-electron chi connectivity index (χ0n) is 12.2. The Morgan fingerprint density at radius 2 is 1.84 bits per heavy atom. The summed E-state index contributed by atoms with van der Waals surface area (Å²) in [7, 11) is 0. The lowest BCUT2D eigenvalue weighted by atomic mass is 9.73. The summed E-state index contributed by atoms with van der Waals surface area (Å²) in [5.41, 5.74) is 5.42. The van der Waals surface area contributed by atoms with E-state index in [0.29, 0.717) is 18.9 Å². The highest BCUT2D eigenvalue weighted by molar-refractivity contribution is 6.06. The molecule has 2 fully saturated rings. The first-order valence-electron chi connectivity index (χ1n) is 7.57. The third-order valence-electron chi connectivity index (χ3n) is 4.62. The monoisotopic (exact) mass is 266 g/mol. The van der Waals surface area contributed by atoms with Crippen LogP contribution in [0.15, 0.2) is 0 Å². The van der Waals surface area contributed by atoms with E-state index in [1.54, 1.807) is 0 Å². The second-order valence-corrected chi connectivity index (χ2v) is 6.61. The van der Waals surface area contributed by atoms with E-state index in [4.69, 9.17) is 5.73 Å². The molecule has 2 amide bonds. The molecule has 0 aromatic carbocycles. The predicted molar refractivity (Wildman–Crippen MR) is 74.3 cm³/mol. The molecule has 2 rings (SSSR count). The van der Waals surface area contributed by atoms with Gasteiger partial charge in [0, 0.05) is 13.0 Å². The van der Waals surface area contributed by atoms with E-state index in [0.717, 1.165) is 32.1 Å². The number of imide groups is 1. The summed E-state index contributed by atoms with van der Waals surface area (Å²) in [5, 5.41) is 0. The Balaban J connectivity index is 2.17. The van der Waals surface area contributed by atoms with E-state index < -0.39 is 0 Å². The highest BCUT2D eigenvalue weighted by Crippen LogP contribution is 2.46. The SMILES string of the molecule is CC(C)CC(CN)N1C(=O)CC2(CCCCC2)C1=O. The minimum absolute atomic E-state index is 0.00278. The van der Waals surface area contributed by atoms with E-state index in [1.165, 1.54) is 11.3 Å². The van der Waals surface area contributed by atoms with Gasteiger partial charge in [0.05, 0.1) is 11.5 Å². The Bertz CT molecular complexity index is 359. The molecule has 1 unspecified atom stereocenters. The number of likely N-dealkylation sites (tertiary alicyclic amines) is 1. The van der Waals surface area contributed by atoms with Crippen molar-refractivity contribution >= 4 is 11.8 Å². The molecule has 108 valence electrons. The van der Waals surface area contributed by atoms with Crippen LogP contribution in [0.2, 0.25) is 0 Å². The van der Waals surface area contributed by atoms with Crippen molar-refractivity contribution in [3.05, 3.63) is 0 Å². The van der Waals surface area contributed by atoms with Crippen molar-refractivity contribution in [3.63, 3.8) is 0 Å². The third-order valence-corrected chi connectivity index (χ3v) is 4.62. The van der Waals surface area contributed by atoms with Crippen LogP contribution in [0.1, 0.15) is 58.8 Å². The second kappa shape index (κ2) is 5.61. The Morgan fingerprint density at radius 3 is 2.37 bits per heavy atom. The number of carbonyl (C=O) groups excluding carboxylic acids is 2. The van der Waals surface area contributed by atoms with E-state index in [2.05, 4.69) is 13.8 Å². The molecular weight excluding hydrogens is 240 g/mol. The highest BCUT2D eigenvalue weighted by Gasteiger charge is 2.53. The first-order valence-corrected chi connectivity index (χ1v) is 7.57. The van der Waals surface area contributed by atoms with Gasteiger partial charge in [-0.3, -0.25) is 14.5 Å². The van der Waals surface area contributed by atoms with Crippen molar-refractivity contribution in [1.29, 1.82) is 0 Å². The van der Waals surface area contributed by atoms with Gasteiger partial charge in [-0.15, -0.1) is 0 Å². The molecule has 2 aliphatic rings. The zero-order valence-corrected chi connectivity index (χ0v) is 12.2. The molecule has 1 aliphatic carbocycles. The number of nitrogens with two attached hydrogens (primary N) is 1. The van der Waals surface area contributed by atoms with E-state index in [-0.39, 0.29) is 23.3 Å². The van der Waals surface area contributed by atoms with E-state index >= 15 is 0 Å². The molecule has 4 nitrogen and oxygen atoms in total. The van der Waals surface area contributed by atoms with Crippen molar-refractivity contribution in [2.24, 2.45) is 17.1 Å². The normalized spacial score (nSPS) is 24.5. The predicted octanol–water partition coefficient (Wildman–Crippen LogP) is 2.07. The van der Waals surface area contributed by atoms with Gasteiger partial charge in [-0.25, -0.2) is 0 Å². The fourth-order valence-electron chi connectivity index (χ4n) is 3.66. The quantitative estimate of drug-likeness (QED) is 0.792. The standard InChI is InChI=1S/C15H26N2O2/c1-11(2)8-12(10-16)17-13(18)9-15(14(17)19)6-4-3-5-7-15/h11-12H,3-10,16H2,1-2H3. The molecule has 1 saturated carbocycles. The maximum Gasteiger partial charge on any atom is 0.236 e. The summed E-state index contributed by atoms with van der Waals surface area (Å²) in [4.78, 5) is 26.5. The molecule has 19 heavy (non-hydrogen) atoms. The van der Waals surface area contributed by atoms with Gasteiger partial charge >= 0.3 is 0 Å². The van der Waals surface area contributed by atoms with Crippen molar-refractivity contribution in [2.75, 3.05) is 6.54 Å². The number of hydrogen-bond acceptors (Lipinski definition) is 3. The second-order valence-electron chi connectivity index (χ2n) is 6.61. The lowest BCUT2D eigenvalue weighted by Gasteiger charge is -2.33. The number of rotatable bonds is 4. The lowest BCUT2D eigenvalue weighted by Crippen LogP contribution is -2.47. The van der Waals surface area contributed by atoms with Gasteiger partial charge in [0.2, 0.25) is 11.8 Å². The smallest absolute Gasteiger partial charge is 0.236 e. The molecule has 0 aromatic heterocycles. The van der Waals surface area contributed by atoms with Crippen molar-refractivity contribution in [1.82, 2.24) is 4.90 Å². The van der Waals surface area contributed by atoms with E-state index in [1.807, 2.05) is 0 Å². The van der Waals surface area contributed by atoms with Gasteiger partial charge < -0.3 is 5.73 Å². The number of hydrogen-bond donors (Lipinski definition) is 1. The summed E-state index contributed by atoms with van der Waals surface area (Å²) in [5.74, 6) is 0.508. The molecular formula is C15H26N2O2. The maximum absolute atomic E-state index is 12.7. The molecule has 1 atom stereocenters. The van der Waals surface area contributed by atoms with Crippen LogP contribution in [0.5, 0.6) is 0 Å². The molecule has 1 spiro atoms.